The molecule has 1 aromatic carbocycles. The molecule has 0 spiro atoms. The molecule has 1 fully saturated rings. The quantitative estimate of drug-likeness (QED) is 0.490. The van der Waals surface area contributed by atoms with Crippen molar-refractivity contribution in [1.29, 1.82) is 0 Å². The first kappa shape index (κ1) is 24.9. The van der Waals surface area contributed by atoms with E-state index in [0.717, 1.165) is 43.7 Å². The van der Waals surface area contributed by atoms with Crippen LogP contribution in [0, 0.1) is 13.8 Å². The molecule has 1 aliphatic rings. The van der Waals surface area contributed by atoms with Gasteiger partial charge in [-0.05, 0) is 50.9 Å². The summed E-state index contributed by atoms with van der Waals surface area (Å²) in [5.41, 5.74) is 3.03. The molecule has 0 bridgehead atoms. The van der Waals surface area contributed by atoms with Crippen molar-refractivity contribution in [2.45, 2.75) is 39.3 Å². The highest BCUT2D eigenvalue weighted by atomic mass is 19.4. The zero-order chi connectivity index (χ0) is 25.0. The van der Waals surface area contributed by atoms with Crippen LogP contribution in [0.1, 0.15) is 35.6 Å². The minimum absolute atomic E-state index is 0.0904. The number of alkyl halides is 3. The van der Waals surface area contributed by atoms with Gasteiger partial charge in [0, 0.05) is 56.2 Å². The van der Waals surface area contributed by atoms with Crippen LogP contribution in [0.15, 0.2) is 30.3 Å². The Morgan fingerprint density at radius 1 is 1.06 bits per heavy atom. The minimum Gasteiger partial charge on any atom is -0.369 e. The number of halogens is 3. The number of amides is 1. The van der Waals surface area contributed by atoms with Crippen LogP contribution in [0.25, 0.3) is 5.78 Å². The van der Waals surface area contributed by atoms with Crippen molar-refractivity contribution in [3.8, 4) is 0 Å². The molecule has 1 N–H and O–H groups in total. The molecule has 188 valence electrons. The van der Waals surface area contributed by atoms with E-state index in [9.17, 15) is 18.0 Å². The lowest BCUT2D eigenvalue weighted by Crippen LogP contribution is -2.47. The number of hydrogen-bond acceptors (Lipinski definition) is 6. The molecule has 2 aromatic heterocycles. The fourth-order valence-electron chi connectivity index (χ4n) is 4.42. The standard InChI is InChI=1S/C24H30F3N7O/c1-17-20(18(2)34-23(29-17)30-22(31-34)24(25,26)27)9-10-21(35)28-11-6-12-32-13-15-33(16-14-32)19-7-4-3-5-8-19/h3-5,7-8H,6,9-16H2,1-2H3,(H,28,35). The number of aromatic nitrogens is 4. The summed E-state index contributed by atoms with van der Waals surface area (Å²) >= 11 is 0. The summed E-state index contributed by atoms with van der Waals surface area (Å²) in [6, 6.07) is 10.4. The van der Waals surface area contributed by atoms with Crippen LogP contribution < -0.4 is 10.2 Å². The van der Waals surface area contributed by atoms with Crippen LogP contribution in [0.5, 0.6) is 0 Å². The number of piperazine rings is 1. The van der Waals surface area contributed by atoms with Gasteiger partial charge in [0.1, 0.15) is 0 Å². The molecule has 1 amide bonds. The van der Waals surface area contributed by atoms with Crippen molar-refractivity contribution < 1.29 is 18.0 Å². The lowest BCUT2D eigenvalue weighted by atomic mass is 10.1. The number of benzene rings is 1. The number of rotatable bonds is 8. The molecule has 4 rings (SSSR count). The number of hydrogen-bond donors (Lipinski definition) is 1. The lowest BCUT2D eigenvalue weighted by molar-refractivity contribution is -0.144. The van der Waals surface area contributed by atoms with Crippen LogP contribution >= 0.6 is 0 Å². The smallest absolute Gasteiger partial charge is 0.369 e. The Kier molecular flexibility index (Phi) is 7.54. The zero-order valence-electron chi connectivity index (χ0n) is 20.0. The Morgan fingerprint density at radius 3 is 2.46 bits per heavy atom. The maximum absolute atomic E-state index is 12.9. The van der Waals surface area contributed by atoms with Gasteiger partial charge in [0.25, 0.3) is 11.6 Å². The molecule has 3 heterocycles. The van der Waals surface area contributed by atoms with Crippen LogP contribution in [0.4, 0.5) is 18.9 Å². The summed E-state index contributed by atoms with van der Waals surface area (Å²) < 4.78 is 39.9. The molecule has 0 radical (unpaired) electrons. The Balaban J connectivity index is 1.20. The van der Waals surface area contributed by atoms with Crippen LogP contribution in [-0.2, 0) is 17.4 Å². The van der Waals surface area contributed by atoms with Crippen molar-refractivity contribution in [2.24, 2.45) is 0 Å². The molecule has 8 nitrogen and oxygen atoms in total. The fraction of sp³-hybridized carbons (Fsp3) is 0.500. The predicted molar refractivity (Wildman–Crippen MR) is 126 cm³/mol. The molecule has 0 atom stereocenters. The molecule has 1 saturated heterocycles. The highest BCUT2D eigenvalue weighted by Crippen LogP contribution is 2.27. The Labute approximate surface area is 202 Å². The first-order chi connectivity index (χ1) is 16.7. The average molecular weight is 490 g/mol. The molecule has 3 aromatic rings. The van der Waals surface area contributed by atoms with E-state index in [2.05, 4.69) is 54.4 Å². The summed E-state index contributed by atoms with van der Waals surface area (Å²) in [6.07, 6.45) is -3.17. The highest BCUT2D eigenvalue weighted by molar-refractivity contribution is 5.76. The van der Waals surface area contributed by atoms with Gasteiger partial charge in [-0.2, -0.15) is 18.2 Å². The zero-order valence-corrected chi connectivity index (χ0v) is 20.0. The number of para-hydroxylation sites is 1. The molecule has 0 unspecified atom stereocenters. The Morgan fingerprint density at radius 2 is 1.77 bits per heavy atom. The number of carbonyl (C=O) groups is 1. The normalized spacial score (nSPS) is 15.1. The van der Waals surface area contributed by atoms with E-state index in [4.69, 9.17) is 0 Å². The molecule has 11 heteroatoms. The van der Waals surface area contributed by atoms with Crippen LogP contribution in [0.3, 0.4) is 0 Å². The van der Waals surface area contributed by atoms with Gasteiger partial charge in [0.05, 0.1) is 0 Å². The minimum atomic E-state index is -4.64. The number of fused-ring (bicyclic) bond motifs is 1. The second kappa shape index (κ2) is 10.6. The first-order valence-corrected chi connectivity index (χ1v) is 11.8. The number of anilines is 1. The van der Waals surface area contributed by atoms with Crippen LogP contribution in [-0.4, -0.2) is 69.7 Å². The van der Waals surface area contributed by atoms with Crippen LogP contribution in [0.2, 0.25) is 0 Å². The van der Waals surface area contributed by atoms with Gasteiger partial charge in [-0.3, -0.25) is 9.69 Å². The third-order valence-electron chi connectivity index (χ3n) is 6.37. The third kappa shape index (κ3) is 6.08. The van der Waals surface area contributed by atoms with Crippen molar-refractivity contribution >= 4 is 17.4 Å². The average Bonchev–Trinajstić information content (AvgIpc) is 3.28. The SMILES string of the molecule is Cc1nc2nc(C(F)(F)F)nn2c(C)c1CCC(=O)NCCCN1CCN(c2ccccc2)CC1. The molecule has 0 saturated carbocycles. The van der Waals surface area contributed by atoms with Crippen molar-refractivity contribution in [3.63, 3.8) is 0 Å². The molecular formula is C24H30F3N7O. The lowest BCUT2D eigenvalue weighted by Gasteiger charge is -2.36. The Bertz CT molecular complexity index is 1160. The monoisotopic (exact) mass is 489 g/mol. The molecule has 1 aliphatic heterocycles. The van der Waals surface area contributed by atoms with E-state index >= 15 is 0 Å². The number of aryl methyl sites for hydroxylation is 2. The van der Waals surface area contributed by atoms with Crippen molar-refractivity contribution in [2.75, 3.05) is 44.2 Å². The van der Waals surface area contributed by atoms with E-state index in [-0.39, 0.29) is 18.1 Å². The summed E-state index contributed by atoms with van der Waals surface area (Å²) in [4.78, 5) is 24.8. The number of nitrogens with zero attached hydrogens (tertiary/aromatic N) is 6. The van der Waals surface area contributed by atoms with E-state index < -0.39 is 12.0 Å². The van der Waals surface area contributed by atoms with E-state index in [1.165, 1.54) is 5.69 Å². The van der Waals surface area contributed by atoms with Gasteiger partial charge in [-0.15, -0.1) is 5.10 Å². The van der Waals surface area contributed by atoms with Gasteiger partial charge in [-0.25, -0.2) is 9.50 Å². The summed E-state index contributed by atoms with van der Waals surface area (Å²) in [6.45, 7) is 8.86. The topological polar surface area (TPSA) is 78.7 Å². The third-order valence-corrected chi connectivity index (χ3v) is 6.37. The second-order valence-corrected chi connectivity index (χ2v) is 8.77. The summed E-state index contributed by atoms with van der Waals surface area (Å²) in [5, 5.41) is 6.50. The first-order valence-electron chi connectivity index (χ1n) is 11.8. The van der Waals surface area contributed by atoms with Gasteiger partial charge < -0.3 is 10.2 Å². The van der Waals surface area contributed by atoms with Gasteiger partial charge in [-0.1, -0.05) is 18.2 Å². The summed E-state index contributed by atoms with van der Waals surface area (Å²) in [5.74, 6) is -1.40. The maximum Gasteiger partial charge on any atom is 0.453 e. The predicted octanol–water partition coefficient (Wildman–Crippen LogP) is 3.02. The number of carbonyl (C=O) groups excluding carboxylic acids is 1. The van der Waals surface area contributed by atoms with E-state index in [1.807, 2.05) is 6.07 Å². The molecule has 35 heavy (non-hydrogen) atoms. The van der Waals surface area contributed by atoms with Crippen molar-refractivity contribution in [3.05, 3.63) is 53.1 Å². The van der Waals surface area contributed by atoms with E-state index in [1.54, 1.807) is 13.8 Å². The van der Waals surface area contributed by atoms with Gasteiger partial charge >= 0.3 is 6.18 Å². The maximum atomic E-state index is 12.9. The Hall–Kier alpha value is -3.21. The van der Waals surface area contributed by atoms with E-state index in [0.29, 0.717) is 29.9 Å². The van der Waals surface area contributed by atoms with Gasteiger partial charge in [0.2, 0.25) is 5.91 Å². The largest absolute Gasteiger partial charge is 0.453 e. The second-order valence-electron chi connectivity index (χ2n) is 8.77. The number of nitrogens with one attached hydrogen (secondary N) is 1. The fourth-order valence-corrected chi connectivity index (χ4v) is 4.42. The molecular weight excluding hydrogens is 459 g/mol. The summed E-state index contributed by atoms with van der Waals surface area (Å²) in [7, 11) is 0. The van der Waals surface area contributed by atoms with Gasteiger partial charge in [0.15, 0.2) is 0 Å². The van der Waals surface area contributed by atoms with Crippen molar-refractivity contribution in [1.82, 2.24) is 29.8 Å². The molecule has 0 aliphatic carbocycles. The highest BCUT2D eigenvalue weighted by Gasteiger charge is 2.37.